The highest BCUT2D eigenvalue weighted by Crippen LogP contribution is 1.97. The van der Waals surface area contributed by atoms with Crippen molar-refractivity contribution in [1.82, 2.24) is 10.6 Å². The van der Waals surface area contributed by atoms with Crippen LogP contribution in [0.5, 0.6) is 0 Å². The summed E-state index contributed by atoms with van der Waals surface area (Å²) >= 11 is 0. The summed E-state index contributed by atoms with van der Waals surface area (Å²) in [5, 5.41) is 4.10. The fourth-order valence-corrected chi connectivity index (χ4v) is 0.784. The van der Waals surface area contributed by atoms with Gasteiger partial charge in [0.05, 0.1) is 12.7 Å². The molecule has 0 aromatic rings. The molecule has 0 aliphatic carbocycles. The molecule has 0 saturated carbocycles. The predicted octanol–water partition coefficient (Wildman–Crippen LogP) is -0.727. The Balaban J connectivity index is 2.66. The zero-order chi connectivity index (χ0) is 9.84. The van der Waals surface area contributed by atoms with Gasteiger partial charge in [-0.2, -0.15) is 0 Å². The van der Waals surface area contributed by atoms with Crippen molar-refractivity contribution in [2.24, 2.45) is 0 Å². The second-order valence-corrected chi connectivity index (χ2v) is 2.22. The zero-order valence-corrected chi connectivity index (χ0v) is 6.92. The highest BCUT2D eigenvalue weighted by molar-refractivity contribution is 6.13. The summed E-state index contributed by atoms with van der Waals surface area (Å²) < 4.78 is 4.54. The predicted molar refractivity (Wildman–Crippen MR) is 41.4 cm³/mol. The summed E-state index contributed by atoms with van der Waals surface area (Å²) in [5.41, 5.74) is -0.0940. The first-order chi connectivity index (χ1) is 6.13. The molecule has 0 aromatic carbocycles. The maximum atomic E-state index is 10.9. The molecule has 13 heavy (non-hydrogen) atoms. The Morgan fingerprint density at radius 2 is 2.15 bits per heavy atom. The van der Waals surface area contributed by atoms with Gasteiger partial charge in [0.15, 0.2) is 0 Å². The minimum Gasteiger partial charge on any atom is -0.463 e. The quantitative estimate of drug-likeness (QED) is 0.336. The SMILES string of the molecule is CCOC(=O)C=C1NC(=O)NC1=O. The van der Waals surface area contributed by atoms with Crippen LogP contribution < -0.4 is 10.6 Å². The molecule has 2 N–H and O–H groups in total. The summed E-state index contributed by atoms with van der Waals surface area (Å²) in [6.45, 7) is 1.86. The first kappa shape index (κ1) is 9.24. The van der Waals surface area contributed by atoms with E-state index in [1.54, 1.807) is 6.92 Å². The Hall–Kier alpha value is -1.85. The lowest BCUT2D eigenvalue weighted by atomic mass is 10.4. The van der Waals surface area contributed by atoms with Gasteiger partial charge in [-0.1, -0.05) is 0 Å². The van der Waals surface area contributed by atoms with E-state index in [2.05, 4.69) is 10.1 Å². The highest BCUT2D eigenvalue weighted by Gasteiger charge is 2.23. The molecule has 1 aliphatic rings. The second kappa shape index (κ2) is 3.70. The molecular formula is C7H8N2O4. The standard InChI is InChI=1S/C7H8N2O4/c1-2-13-5(10)3-4-6(11)9-7(12)8-4/h3H,2H2,1H3,(H2,8,9,11,12). The number of amides is 3. The molecule has 6 nitrogen and oxygen atoms in total. The van der Waals surface area contributed by atoms with Gasteiger partial charge < -0.3 is 10.1 Å². The van der Waals surface area contributed by atoms with Crippen molar-refractivity contribution in [3.63, 3.8) is 0 Å². The molecule has 6 heteroatoms. The number of ether oxygens (including phenoxy) is 1. The Kier molecular flexibility index (Phi) is 2.63. The van der Waals surface area contributed by atoms with Crippen molar-refractivity contribution in [1.29, 1.82) is 0 Å². The van der Waals surface area contributed by atoms with Gasteiger partial charge >= 0.3 is 12.0 Å². The van der Waals surface area contributed by atoms with E-state index in [1.807, 2.05) is 5.32 Å². The number of imide groups is 1. The van der Waals surface area contributed by atoms with Crippen LogP contribution >= 0.6 is 0 Å². The first-order valence-corrected chi connectivity index (χ1v) is 3.64. The van der Waals surface area contributed by atoms with Crippen LogP contribution in [0.25, 0.3) is 0 Å². The van der Waals surface area contributed by atoms with Gasteiger partial charge in [0.25, 0.3) is 5.91 Å². The van der Waals surface area contributed by atoms with Gasteiger partial charge in [-0.3, -0.25) is 10.1 Å². The maximum Gasteiger partial charge on any atom is 0.333 e. The molecule has 1 fully saturated rings. The van der Waals surface area contributed by atoms with Crippen molar-refractivity contribution in [3.8, 4) is 0 Å². The second-order valence-electron chi connectivity index (χ2n) is 2.22. The lowest BCUT2D eigenvalue weighted by Gasteiger charge is -1.95. The molecule has 0 atom stereocenters. The molecule has 1 saturated heterocycles. The van der Waals surface area contributed by atoms with E-state index in [4.69, 9.17) is 0 Å². The van der Waals surface area contributed by atoms with Crippen LogP contribution in [0, 0.1) is 0 Å². The lowest BCUT2D eigenvalue weighted by molar-refractivity contribution is -0.137. The summed E-state index contributed by atoms with van der Waals surface area (Å²) in [5.74, 6) is -1.28. The summed E-state index contributed by atoms with van der Waals surface area (Å²) in [4.78, 5) is 32.2. The molecule has 0 spiro atoms. The van der Waals surface area contributed by atoms with Crippen molar-refractivity contribution >= 4 is 17.9 Å². The van der Waals surface area contributed by atoms with E-state index >= 15 is 0 Å². The lowest BCUT2D eigenvalue weighted by Crippen LogP contribution is -2.22. The van der Waals surface area contributed by atoms with Gasteiger partial charge in [0.1, 0.15) is 5.70 Å². The number of hydrogen-bond donors (Lipinski definition) is 2. The molecular weight excluding hydrogens is 176 g/mol. The normalized spacial score (nSPS) is 18.4. The average molecular weight is 184 g/mol. The molecule has 0 radical (unpaired) electrons. The number of hydrogen-bond acceptors (Lipinski definition) is 4. The maximum absolute atomic E-state index is 10.9. The van der Waals surface area contributed by atoms with Gasteiger partial charge in [-0.05, 0) is 6.92 Å². The number of esters is 1. The summed E-state index contributed by atoms with van der Waals surface area (Å²) in [6.07, 6.45) is 0.934. The smallest absolute Gasteiger partial charge is 0.333 e. The van der Waals surface area contributed by atoms with E-state index in [-0.39, 0.29) is 12.3 Å². The van der Waals surface area contributed by atoms with Gasteiger partial charge in [0, 0.05) is 0 Å². The third-order valence-electron chi connectivity index (χ3n) is 1.27. The summed E-state index contributed by atoms with van der Waals surface area (Å²) in [6, 6.07) is -0.638. The molecule has 1 aliphatic heterocycles. The zero-order valence-electron chi connectivity index (χ0n) is 6.92. The number of nitrogens with one attached hydrogen (secondary N) is 2. The Labute approximate surface area is 73.9 Å². The summed E-state index contributed by atoms with van der Waals surface area (Å²) in [7, 11) is 0. The molecule has 0 aromatic heterocycles. The average Bonchev–Trinajstić information content (AvgIpc) is 2.30. The van der Waals surface area contributed by atoms with E-state index in [0.29, 0.717) is 0 Å². The minimum absolute atomic E-state index is 0.0940. The van der Waals surface area contributed by atoms with Crippen LogP contribution in [0.3, 0.4) is 0 Å². The van der Waals surface area contributed by atoms with Crippen molar-refractivity contribution in [3.05, 3.63) is 11.8 Å². The topological polar surface area (TPSA) is 84.5 Å². The van der Waals surface area contributed by atoms with Gasteiger partial charge in [-0.25, -0.2) is 9.59 Å². The van der Waals surface area contributed by atoms with Crippen molar-refractivity contribution in [2.75, 3.05) is 6.61 Å². The van der Waals surface area contributed by atoms with E-state index < -0.39 is 17.9 Å². The molecule has 0 unspecified atom stereocenters. The largest absolute Gasteiger partial charge is 0.463 e. The fraction of sp³-hybridized carbons (Fsp3) is 0.286. The monoisotopic (exact) mass is 184 g/mol. The van der Waals surface area contributed by atoms with Crippen molar-refractivity contribution < 1.29 is 19.1 Å². The number of rotatable bonds is 2. The highest BCUT2D eigenvalue weighted by atomic mass is 16.5. The number of carbonyl (C=O) groups is 3. The van der Waals surface area contributed by atoms with Crippen LogP contribution in [0.4, 0.5) is 4.79 Å². The van der Waals surface area contributed by atoms with E-state index in [1.165, 1.54) is 0 Å². The van der Waals surface area contributed by atoms with Crippen LogP contribution in [-0.2, 0) is 14.3 Å². The number of carbonyl (C=O) groups excluding carboxylic acids is 3. The van der Waals surface area contributed by atoms with Crippen molar-refractivity contribution in [2.45, 2.75) is 6.92 Å². The van der Waals surface area contributed by atoms with E-state index in [0.717, 1.165) is 6.08 Å². The molecule has 1 heterocycles. The van der Waals surface area contributed by atoms with Crippen LogP contribution in [0.1, 0.15) is 6.92 Å². The Bertz CT molecular complexity index is 295. The van der Waals surface area contributed by atoms with Crippen LogP contribution in [-0.4, -0.2) is 24.5 Å². The van der Waals surface area contributed by atoms with Gasteiger partial charge in [0.2, 0.25) is 0 Å². The molecule has 3 amide bonds. The molecule has 0 bridgehead atoms. The van der Waals surface area contributed by atoms with Gasteiger partial charge in [-0.15, -0.1) is 0 Å². The Morgan fingerprint density at radius 1 is 1.46 bits per heavy atom. The number of urea groups is 1. The van der Waals surface area contributed by atoms with Crippen LogP contribution in [0.15, 0.2) is 11.8 Å². The third-order valence-corrected chi connectivity index (χ3v) is 1.27. The minimum atomic E-state index is -0.658. The third kappa shape index (κ3) is 2.29. The molecule has 1 rings (SSSR count). The van der Waals surface area contributed by atoms with Crippen LogP contribution in [0.2, 0.25) is 0 Å². The van der Waals surface area contributed by atoms with E-state index in [9.17, 15) is 14.4 Å². The Morgan fingerprint density at radius 3 is 2.62 bits per heavy atom. The fourth-order valence-electron chi connectivity index (χ4n) is 0.784. The molecule has 70 valence electrons. The first-order valence-electron chi connectivity index (χ1n) is 3.64.